The lowest BCUT2D eigenvalue weighted by atomic mass is 10.1. The Hall–Kier alpha value is -0.570. The van der Waals surface area contributed by atoms with E-state index in [1.165, 1.54) is 6.42 Å². The summed E-state index contributed by atoms with van der Waals surface area (Å²) in [7, 11) is 0. The summed E-state index contributed by atoms with van der Waals surface area (Å²) >= 11 is 0. The van der Waals surface area contributed by atoms with Crippen molar-refractivity contribution < 1.29 is 4.79 Å². The van der Waals surface area contributed by atoms with Crippen LogP contribution in [0.2, 0.25) is 0 Å². The van der Waals surface area contributed by atoms with Gasteiger partial charge in [-0.25, -0.2) is 0 Å². The molecule has 19 heavy (non-hydrogen) atoms. The second-order valence-corrected chi connectivity index (χ2v) is 5.76. The van der Waals surface area contributed by atoms with E-state index in [2.05, 4.69) is 44.8 Å². The molecule has 1 N–H and O–H groups in total. The monoisotopic (exact) mass is 270 g/mol. The summed E-state index contributed by atoms with van der Waals surface area (Å²) in [5.41, 5.74) is 0. The van der Waals surface area contributed by atoms with Crippen LogP contribution in [0.15, 0.2) is 0 Å². The molecule has 1 amide bonds. The van der Waals surface area contributed by atoms with Crippen molar-refractivity contribution in [3.63, 3.8) is 0 Å². The fraction of sp³-hybridized carbons (Fsp3) is 0.938. The molecule has 0 aromatic heterocycles. The quantitative estimate of drug-likeness (QED) is 0.582. The van der Waals surface area contributed by atoms with Crippen molar-refractivity contribution in [2.24, 2.45) is 0 Å². The zero-order valence-electron chi connectivity index (χ0n) is 13.7. The van der Waals surface area contributed by atoms with E-state index in [0.29, 0.717) is 24.4 Å². The van der Waals surface area contributed by atoms with Crippen molar-refractivity contribution in [3.8, 4) is 0 Å². The van der Waals surface area contributed by atoms with Gasteiger partial charge in [0.15, 0.2) is 0 Å². The second kappa shape index (κ2) is 11.3. The Balaban J connectivity index is 3.81. The van der Waals surface area contributed by atoms with Gasteiger partial charge in [-0.1, -0.05) is 34.1 Å². The van der Waals surface area contributed by atoms with Gasteiger partial charge < -0.3 is 10.2 Å². The number of nitrogens with one attached hydrogen (secondary N) is 1. The average molecular weight is 270 g/mol. The van der Waals surface area contributed by atoms with Crippen LogP contribution in [0, 0.1) is 0 Å². The van der Waals surface area contributed by atoms with Crippen molar-refractivity contribution in [2.45, 2.75) is 85.2 Å². The molecule has 0 saturated heterocycles. The Morgan fingerprint density at radius 1 is 1.11 bits per heavy atom. The Bertz CT molecular complexity index is 229. The molecule has 114 valence electrons. The molecule has 0 saturated carbocycles. The molecule has 0 radical (unpaired) electrons. The number of carbonyl (C=O) groups excluding carboxylic acids is 1. The molecule has 0 fully saturated rings. The SMILES string of the molecule is CCCN(C(=O)CCCCCNC(C)C)[C@H](C)CC. The summed E-state index contributed by atoms with van der Waals surface area (Å²) < 4.78 is 0. The Labute approximate surface area is 120 Å². The number of carbonyl (C=O) groups is 1. The van der Waals surface area contributed by atoms with Gasteiger partial charge in [-0.05, 0) is 39.2 Å². The standard InChI is InChI=1S/C16H34N2O/c1-6-13-18(15(5)7-2)16(19)11-9-8-10-12-17-14(3)4/h14-15,17H,6-13H2,1-5H3/t15-/m1/s1. The van der Waals surface area contributed by atoms with E-state index in [4.69, 9.17) is 0 Å². The van der Waals surface area contributed by atoms with Crippen molar-refractivity contribution in [1.29, 1.82) is 0 Å². The van der Waals surface area contributed by atoms with Crippen LogP contribution >= 0.6 is 0 Å². The second-order valence-electron chi connectivity index (χ2n) is 5.76. The lowest BCUT2D eigenvalue weighted by molar-refractivity contribution is -0.133. The molecule has 0 rings (SSSR count). The highest BCUT2D eigenvalue weighted by Gasteiger charge is 2.16. The van der Waals surface area contributed by atoms with Gasteiger partial charge in [-0.2, -0.15) is 0 Å². The summed E-state index contributed by atoms with van der Waals surface area (Å²) in [5, 5.41) is 3.41. The molecular weight excluding hydrogens is 236 g/mol. The first kappa shape index (κ1) is 18.4. The highest BCUT2D eigenvalue weighted by molar-refractivity contribution is 5.76. The van der Waals surface area contributed by atoms with E-state index in [-0.39, 0.29) is 0 Å². The van der Waals surface area contributed by atoms with Gasteiger partial charge in [-0.3, -0.25) is 4.79 Å². The molecule has 0 unspecified atom stereocenters. The third-order valence-electron chi connectivity index (χ3n) is 3.53. The zero-order chi connectivity index (χ0) is 14.7. The third-order valence-corrected chi connectivity index (χ3v) is 3.53. The average Bonchev–Trinajstić information content (AvgIpc) is 2.38. The van der Waals surface area contributed by atoms with E-state index in [0.717, 1.165) is 38.8 Å². The van der Waals surface area contributed by atoms with Crippen LogP contribution in [0.3, 0.4) is 0 Å². The predicted molar refractivity (Wildman–Crippen MR) is 83.4 cm³/mol. The fourth-order valence-electron chi connectivity index (χ4n) is 2.16. The Morgan fingerprint density at radius 3 is 2.32 bits per heavy atom. The molecule has 3 heteroatoms. The number of hydrogen-bond acceptors (Lipinski definition) is 2. The Morgan fingerprint density at radius 2 is 1.79 bits per heavy atom. The number of rotatable bonds is 11. The predicted octanol–water partition coefficient (Wildman–Crippen LogP) is 3.58. The van der Waals surface area contributed by atoms with Crippen LogP contribution in [0.4, 0.5) is 0 Å². The number of unbranched alkanes of at least 4 members (excludes halogenated alkanes) is 2. The molecule has 0 bridgehead atoms. The smallest absolute Gasteiger partial charge is 0.222 e. The summed E-state index contributed by atoms with van der Waals surface area (Å²) in [4.78, 5) is 14.2. The molecule has 0 aliphatic carbocycles. The van der Waals surface area contributed by atoms with Crippen LogP contribution in [0.1, 0.15) is 73.1 Å². The van der Waals surface area contributed by atoms with Crippen LogP contribution in [0.5, 0.6) is 0 Å². The molecule has 0 spiro atoms. The minimum Gasteiger partial charge on any atom is -0.340 e. The van der Waals surface area contributed by atoms with Gasteiger partial charge in [0.25, 0.3) is 0 Å². The van der Waals surface area contributed by atoms with Gasteiger partial charge in [-0.15, -0.1) is 0 Å². The van der Waals surface area contributed by atoms with Crippen LogP contribution in [-0.4, -0.2) is 36.0 Å². The zero-order valence-corrected chi connectivity index (χ0v) is 13.7. The van der Waals surface area contributed by atoms with Crippen molar-refractivity contribution in [3.05, 3.63) is 0 Å². The first-order valence-corrected chi connectivity index (χ1v) is 8.05. The number of hydrogen-bond donors (Lipinski definition) is 1. The molecule has 1 atom stereocenters. The third kappa shape index (κ3) is 9.04. The van der Waals surface area contributed by atoms with E-state index in [1.807, 2.05) is 0 Å². The maximum Gasteiger partial charge on any atom is 0.222 e. The van der Waals surface area contributed by atoms with Gasteiger partial charge in [0.05, 0.1) is 0 Å². The van der Waals surface area contributed by atoms with Gasteiger partial charge >= 0.3 is 0 Å². The minimum atomic E-state index is 0.341. The minimum absolute atomic E-state index is 0.341. The van der Waals surface area contributed by atoms with Crippen molar-refractivity contribution in [2.75, 3.05) is 13.1 Å². The molecule has 0 aliphatic rings. The van der Waals surface area contributed by atoms with Gasteiger partial charge in [0.1, 0.15) is 0 Å². The first-order valence-electron chi connectivity index (χ1n) is 8.05. The molecule has 0 heterocycles. The highest BCUT2D eigenvalue weighted by Crippen LogP contribution is 2.10. The molecule has 0 aromatic carbocycles. The molecular formula is C16H34N2O. The van der Waals surface area contributed by atoms with E-state index in [1.54, 1.807) is 0 Å². The normalized spacial score (nSPS) is 12.7. The van der Waals surface area contributed by atoms with E-state index in [9.17, 15) is 4.79 Å². The summed E-state index contributed by atoms with van der Waals surface area (Å²) in [6.07, 6.45) is 6.15. The van der Waals surface area contributed by atoms with E-state index < -0.39 is 0 Å². The lowest BCUT2D eigenvalue weighted by Gasteiger charge is -2.28. The summed E-state index contributed by atoms with van der Waals surface area (Å²) in [5.74, 6) is 0.341. The summed E-state index contributed by atoms with van der Waals surface area (Å²) in [6, 6.07) is 0.946. The Kier molecular flexibility index (Phi) is 10.9. The fourth-order valence-corrected chi connectivity index (χ4v) is 2.16. The lowest BCUT2D eigenvalue weighted by Crippen LogP contribution is -2.38. The first-order chi connectivity index (χ1) is 9.02. The van der Waals surface area contributed by atoms with Gasteiger partial charge in [0, 0.05) is 25.0 Å². The largest absolute Gasteiger partial charge is 0.340 e. The van der Waals surface area contributed by atoms with Crippen LogP contribution in [-0.2, 0) is 4.79 Å². The van der Waals surface area contributed by atoms with Crippen molar-refractivity contribution in [1.82, 2.24) is 10.2 Å². The molecule has 0 aromatic rings. The van der Waals surface area contributed by atoms with E-state index >= 15 is 0 Å². The van der Waals surface area contributed by atoms with Crippen molar-refractivity contribution >= 4 is 5.91 Å². The molecule has 0 aliphatic heterocycles. The molecule has 3 nitrogen and oxygen atoms in total. The van der Waals surface area contributed by atoms with Crippen LogP contribution in [0.25, 0.3) is 0 Å². The topological polar surface area (TPSA) is 32.3 Å². The summed E-state index contributed by atoms with van der Waals surface area (Å²) in [6.45, 7) is 12.7. The maximum atomic E-state index is 12.2. The maximum absolute atomic E-state index is 12.2. The number of nitrogens with zero attached hydrogens (tertiary/aromatic N) is 1. The van der Waals surface area contributed by atoms with Crippen LogP contribution < -0.4 is 5.32 Å². The number of amides is 1. The van der Waals surface area contributed by atoms with Gasteiger partial charge in [0.2, 0.25) is 5.91 Å². The highest BCUT2D eigenvalue weighted by atomic mass is 16.2.